The van der Waals surface area contributed by atoms with Crippen LogP contribution in [0.5, 0.6) is 0 Å². The summed E-state index contributed by atoms with van der Waals surface area (Å²) in [5.41, 5.74) is 3.74. The third-order valence-electron chi connectivity index (χ3n) is 5.03. The lowest BCUT2D eigenvalue weighted by Crippen LogP contribution is -2.50. The molecule has 1 aliphatic rings. The van der Waals surface area contributed by atoms with E-state index >= 15 is 0 Å². The van der Waals surface area contributed by atoms with Crippen LogP contribution >= 0.6 is 11.3 Å². The minimum atomic E-state index is -0.426. The molecule has 0 radical (unpaired) electrons. The lowest BCUT2D eigenvalue weighted by atomic mass is 10.1. The van der Waals surface area contributed by atoms with E-state index < -0.39 is 5.82 Å². The van der Waals surface area contributed by atoms with Gasteiger partial charge in [0.2, 0.25) is 0 Å². The highest BCUT2D eigenvalue weighted by Crippen LogP contribution is 2.32. The number of hydrogen-bond donors (Lipinski definition) is 1. The topological polar surface area (TPSA) is 48.5 Å². The average molecular weight is 384 g/mol. The minimum Gasteiger partial charge on any atom is -0.345 e. The average Bonchev–Trinajstić information content (AvgIpc) is 3.12. The third kappa shape index (κ3) is 3.47. The van der Waals surface area contributed by atoms with E-state index in [2.05, 4.69) is 36.2 Å². The summed E-state index contributed by atoms with van der Waals surface area (Å²) < 4.78 is 14.9. The number of para-hydroxylation sites is 1. The van der Waals surface area contributed by atoms with Gasteiger partial charge in [-0.15, -0.1) is 0 Å². The van der Waals surface area contributed by atoms with E-state index in [0.717, 1.165) is 10.6 Å². The van der Waals surface area contributed by atoms with Gasteiger partial charge in [-0.2, -0.15) is 0 Å². The summed E-state index contributed by atoms with van der Waals surface area (Å²) in [5.74, 6) is -0.426. The number of nitrogens with one attached hydrogen (secondary N) is 1. The van der Waals surface area contributed by atoms with E-state index in [1.165, 1.54) is 21.9 Å². The van der Waals surface area contributed by atoms with Crippen LogP contribution in [0.3, 0.4) is 0 Å². The summed E-state index contributed by atoms with van der Waals surface area (Å²) in [5, 5.41) is 3.64. The number of benzene rings is 2. The van der Waals surface area contributed by atoms with Crippen molar-refractivity contribution >= 4 is 38.4 Å². The zero-order valence-electron chi connectivity index (χ0n) is 15.3. The fourth-order valence-electron chi connectivity index (χ4n) is 3.21. The molecule has 0 atom stereocenters. The van der Waals surface area contributed by atoms with Gasteiger partial charge in [0.25, 0.3) is 0 Å². The van der Waals surface area contributed by atoms with E-state index in [9.17, 15) is 9.18 Å². The number of urea groups is 1. The maximum atomic E-state index is 13.7. The van der Waals surface area contributed by atoms with Gasteiger partial charge in [-0.1, -0.05) is 29.5 Å². The fraction of sp³-hybridized carbons (Fsp3) is 0.300. The number of rotatable bonds is 2. The number of fused-ring (bicyclic) bond motifs is 1. The normalized spacial score (nSPS) is 14.6. The molecule has 2 heterocycles. The van der Waals surface area contributed by atoms with Crippen LogP contribution in [0.1, 0.15) is 11.1 Å². The zero-order chi connectivity index (χ0) is 19.0. The van der Waals surface area contributed by atoms with E-state index in [-0.39, 0.29) is 11.7 Å². The minimum absolute atomic E-state index is 0.210. The molecule has 1 aromatic heterocycles. The summed E-state index contributed by atoms with van der Waals surface area (Å²) >= 11 is 1.69. The predicted molar refractivity (Wildman–Crippen MR) is 108 cm³/mol. The molecule has 2 amide bonds. The number of carbonyl (C=O) groups excluding carboxylic acids is 1. The van der Waals surface area contributed by atoms with Crippen LogP contribution in [0.25, 0.3) is 10.2 Å². The molecular formula is C20H21FN4OS. The van der Waals surface area contributed by atoms with Crippen molar-refractivity contribution in [2.45, 2.75) is 13.8 Å². The molecule has 0 unspecified atom stereocenters. The monoisotopic (exact) mass is 384 g/mol. The Hall–Kier alpha value is -2.67. The lowest BCUT2D eigenvalue weighted by Gasteiger charge is -2.34. The molecule has 5 nitrogen and oxygen atoms in total. The number of halogens is 1. The van der Waals surface area contributed by atoms with Crippen LogP contribution in [0, 0.1) is 19.7 Å². The molecular weight excluding hydrogens is 363 g/mol. The predicted octanol–water partition coefficient (Wildman–Crippen LogP) is 4.41. The molecule has 7 heteroatoms. The zero-order valence-corrected chi connectivity index (χ0v) is 16.1. The van der Waals surface area contributed by atoms with Crippen molar-refractivity contribution in [2.24, 2.45) is 0 Å². The number of aromatic nitrogens is 1. The standard InChI is InChI=1S/C20H21FN4OS/c1-13-7-8-17-18(14(13)2)23-20(27-17)25-11-9-24(10-12-25)19(26)22-16-6-4-3-5-15(16)21/h3-8H,9-12H2,1-2H3,(H,22,26). The molecule has 140 valence electrons. The number of aryl methyl sites for hydroxylation is 2. The van der Waals surface area contributed by atoms with Crippen molar-refractivity contribution in [1.82, 2.24) is 9.88 Å². The van der Waals surface area contributed by atoms with Crippen LogP contribution in [0.2, 0.25) is 0 Å². The van der Waals surface area contributed by atoms with Crippen molar-refractivity contribution in [3.05, 3.63) is 53.3 Å². The number of thiazole rings is 1. The van der Waals surface area contributed by atoms with Gasteiger partial charge in [0.15, 0.2) is 5.13 Å². The second-order valence-corrected chi connectivity index (χ2v) is 7.74. The first-order valence-corrected chi connectivity index (χ1v) is 9.77. The van der Waals surface area contributed by atoms with Crippen LogP contribution in [0.15, 0.2) is 36.4 Å². The highest BCUT2D eigenvalue weighted by Gasteiger charge is 2.24. The number of amides is 2. The Labute approximate surface area is 161 Å². The summed E-state index contributed by atoms with van der Waals surface area (Å²) in [6.07, 6.45) is 0. The molecule has 2 aromatic carbocycles. The Balaban J connectivity index is 1.42. The smallest absolute Gasteiger partial charge is 0.322 e. The van der Waals surface area contributed by atoms with Gasteiger partial charge in [0, 0.05) is 26.2 Å². The number of anilines is 2. The summed E-state index contributed by atoms with van der Waals surface area (Å²) in [6.45, 7) is 6.78. The first kappa shape index (κ1) is 17.7. The second-order valence-electron chi connectivity index (χ2n) is 6.73. The van der Waals surface area contributed by atoms with Gasteiger partial charge >= 0.3 is 6.03 Å². The summed E-state index contributed by atoms with van der Waals surface area (Å²) in [6, 6.07) is 10.2. The lowest BCUT2D eigenvalue weighted by molar-refractivity contribution is 0.208. The van der Waals surface area contributed by atoms with E-state index in [0.29, 0.717) is 26.2 Å². The molecule has 0 bridgehead atoms. The summed E-state index contributed by atoms with van der Waals surface area (Å²) in [7, 11) is 0. The molecule has 3 aromatic rings. The molecule has 1 saturated heterocycles. The van der Waals surface area contributed by atoms with Gasteiger partial charge in [-0.25, -0.2) is 14.2 Å². The molecule has 27 heavy (non-hydrogen) atoms. The Morgan fingerprint density at radius 1 is 1.11 bits per heavy atom. The van der Waals surface area contributed by atoms with Crippen LogP contribution < -0.4 is 10.2 Å². The Bertz CT molecular complexity index is 995. The van der Waals surface area contributed by atoms with E-state index in [1.807, 2.05) is 0 Å². The number of hydrogen-bond acceptors (Lipinski definition) is 4. The van der Waals surface area contributed by atoms with Crippen molar-refractivity contribution < 1.29 is 9.18 Å². The fourth-order valence-corrected chi connectivity index (χ4v) is 4.28. The molecule has 1 aliphatic heterocycles. The van der Waals surface area contributed by atoms with Crippen molar-refractivity contribution in [1.29, 1.82) is 0 Å². The van der Waals surface area contributed by atoms with Crippen LogP contribution in [-0.4, -0.2) is 42.1 Å². The van der Waals surface area contributed by atoms with Gasteiger partial charge < -0.3 is 15.1 Å². The van der Waals surface area contributed by atoms with Crippen molar-refractivity contribution in [3.8, 4) is 0 Å². The SMILES string of the molecule is Cc1ccc2sc(N3CCN(C(=O)Nc4ccccc4F)CC3)nc2c1C. The maximum Gasteiger partial charge on any atom is 0.322 e. The van der Waals surface area contributed by atoms with Crippen LogP contribution in [-0.2, 0) is 0 Å². The van der Waals surface area contributed by atoms with Gasteiger partial charge in [-0.3, -0.25) is 0 Å². The van der Waals surface area contributed by atoms with Gasteiger partial charge in [0.1, 0.15) is 5.82 Å². The number of piperazine rings is 1. The molecule has 1 N–H and O–H groups in total. The molecule has 0 spiro atoms. The Kier molecular flexibility index (Phi) is 4.70. The molecule has 1 fully saturated rings. The highest BCUT2D eigenvalue weighted by molar-refractivity contribution is 7.22. The second kappa shape index (κ2) is 7.15. The molecule has 0 aliphatic carbocycles. The first-order valence-electron chi connectivity index (χ1n) is 8.95. The maximum absolute atomic E-state index is 13.7. The highest BCUT2D eigenvalue weighted by atomic mass is 32.1. The quantitative estimate of drug-likeness (QED) is 0.712. The summed E-state index contributed by atoms with van der Waals surface area (Å²) in [4.78, 5) is 21.2. The Morgan fingerprint density at radius 3 is 2.59 bits per heavy atom. The van der Waals surface area contributed by atoms with Crippen molar-refractivity contribution in [3.63, 3.8) is 0 Å². The molecule has 4 rings (SSSR count). The Morgan fingerprint density at radius 2 is 1.85 bits per heavy atom. The largest absolute Gasteiger partial charge is 0.345 e. The first-order chi connectivity index (χ1) is 13.0. The van der Waals surface area contributed by atoms with E-state index in [1.54, 1.807) is 34.4 Å². The van der Waals surface area contributed by atoms with E-state index in [4.69, 9.17) is 4.98 Å². The van der Waals surface area contributed by atoms with Crippen molar-refractivity contribution in [2.75, 3.05) is 36.4 Å². The van der Waals surface area contributed by atoms with Crippen LogP contribution in [0.4, 0.5) is 20.0 Å². The molecule has 0 saturated carbocycles. The van der Waals surface area contributed by atoms with Gasteiger partial charge in [0.05, 0.1) is 15.9 Å². The van der Waals surface area contributed by atoms with Gasteiger partial charge in [-0.05, 0) is 43.2 Å². The number of nitrogens with zero attached hydrogens (tertiary/aromatic N) is 3. The number of carbonyl (C=O) groups is 1. The third-order valence-corrected chi connectivity index (χ3v) is 6.11.